The molecule has 0 saturated carbocycles. The number of Topliss-reactive ketones (excluding diaryl/α,β-unsaturated/α-hetero) is 1. The van der Waals surface area contributed by atoms with E-state index in [-0.39, 0.29) is 36.1 Å². The van der Waals surface area contributed by atoms with Crippen LogP contribution in [0.5, 0.6) is 11.5 Å². The van der Waals surface area contributed by atoms with E-state index in [1.807, 2.05) is 13.8 Å². The molecule has 6 rings (SSSR count). The molecule has 0 bridgehead atoms. The van der Waals surface area contributed by atoms with Crippen LogP contribution in [-0.4, -0.2) is 17.1 Å². The molecule has 3 heterocycles. The first-order valence-corrected chi connectivity index (χ1v) is 12.0. The predicted octanol–water partition coefficient (Wildman–Crippen LogP) is 6.13. The average Bonchev–Trinajstić information content (AvgIpc) is 3.54. The van der Waals surface area contributed by atoms with Gasteiger partial charge in [-0.05, 0) is 53.8 Å². The van der Waals surface area contributed by atoms with Gasteiger partial charge in [0.1, 0.15) is 23.1 Å². The van der Waals surface area contributed by atoms with Crippen molar-refractivity contribution in [2.24, 2.45) is 5.41 Å². The SMILES string of the molecule is CC1(C)CC(=O)C2=C(C1)N(c1c(F)cccc1F)C(n1cccc1)=C(C#N)C2c1ccc2c(c1)OCO2. The fourth-order valence-corrected chi connectivity index (χ4v) is 5.57. The Morgan fingerprint density at radius 3 is 2.41 bits per heavy atom. The van der Waals surface area contributed by atoms with Gasteiger partial charge in [0, 0.05) is 30.1 Å². The minimum Gasteiger partial charge on any atom is -0.454 e. The summed E-state index contributed by atoms with van der Waals surface area (Å²) in [4.78, 5) is 15.2. The van der Waals surface area contributed by atoms with Gasteiger partial charge in [0.2, 0.25) is 6.79 Å². The predicted molar refractivity (Wildman–Crippen MR) is 132 cm³/mol. The third-order valence-corrected chi connectivity index (χ3v) is 7.06. The number of aromatic nitrogens is 1. The Morgan fingerprint density at radius 2 is 1.70 bits per heavy atom. The van der Waals surface area contributed by atoms with Crippen LogP contribution in [0.25, 0.3) is 5.82 Å². The first kappa shape index (κ1) is 23.0. The van der Waals surface area contributed by atoms with Crippen LogP contribution in [0.15, 0.2) is 77.8 Å². The first-order chi connectivity index (χ1) is 17.8. The number of para-hydroxylation sites is 1. The Hall–Kier alpha value is -4.38. The van der Waals surface area contributed by atoms with Gasteiger partial charge < -0.3 is 14.0 Å². The molecule has 1 aliphatic carbocycles. The quantitative estimate of drug-likeness (QED) is 0.433. The van der Waals surface area contributed by atoms with Gasteiger partial charge in [-0.25, -0.2) is 8.78 Å². The Labute approximate surface area is 212 Å². The molecule has 1 unspecified atom stereocenters. The van der Waals surface area contributed by atoms with Gasteiger partial charge in [-0.1, -0.05) is 26.0 Å². The van der Waals surface area contributed by atoms with E-state index < -0.39 is 23.0 Å². The molecule has 2 aromatic carbocycles. The maximum absolute atomic E-state index is 15.4. The Balaban J connectivity index is 1.70. The van der Waals surface area contributed by atoms with E-state index in [1.54, 1.807) is 47.3 Å². The van der Waals surface area contributed by atoms with Crippen molar-refractivity contribution in [1.82, 2.24) is 4.57 Å². The summed E-state index contributed by atoms with van der Waals surface area (Å²) >= 11 is 0. The maximum Gasteiger partial charge on any atom is 0.231 e. The van der Waals surface area contributed by atoms with Crippen molar-refractivity contribution in [3.63, 3.8) is 0 Å². The molecule has 1 atom stereocenters. The van der Waals surface area contributed by atoms with E-state index in [0.717, 1.165) is 0 Å². The zero-order chi connectivity index (χ0) is 25.9. The largest absolute Gasteiger partial charge is 0.454 e. The van der Waals surface area contributed by atoms with Gasteiger partial charge in [-0.3, -0.25) is 9.69 Å². The second-order valence-electron chi connectivity index (χ2n) is 10.2. The minimum absolute atomic E-state index is 0.0838. The van der Waals surface area contributed by atoms with Gasteiger partial charge >= 0.3 is 0 Å². The summed E-state index contributed by atoms with van der Waals surface area (Å²) in [6, 6.07) is 14.8. The summed E-state index contributed by atoms with van der Waals surface area (Å²) in [7, 11) is 0. The number of allylic oxidation sites excluding steroid dienone is 3. The lowest BCUT2D eigenvalue weighted by atomic mass is 9.68. The second kappa shape index (κ2) is 8.34. The van der Waals surface area contributed by atoms with Crippen molar-refractivity contribution in [3.8, 4) is 17.6 Å². The van der Waals surface area contributed by atoms with Gasteiger partial charge in [-0.15, -0.1) is 0 Å². The summed E-state index contributed by atoms with van der Waals surface area (Å²) in [5.41, 5.74) is 0.940. The number of ether oxygens (including phenoxy) is 2. The standard InChI is InChI=1S/C29H23F2N3O3/c1-29(2)13-21-26(22(35)14-29)25(17-8-9-23-24(12-17)37-16-36-23)18(15-32)28(33-10-3-4-11-33)34(21)27-19(30)6-5-7-20(27)31/h3-12,25H,13-14,16H2,1-2H3. The van der Waals surface area contributed by atoms with E-state index >= 15 is 8.78 Å². The zero-order valence-corrected chi connectivity index (χ0v) is 20.3. The summed E-state index contributed by atoms with van der Waals surface area (Å²) in [6.45, 7) is 4.00. The molecule has 6 nitrogen and oxygen atoms in total. The molecular formula is C29H23F2N3O3. The van der Waals surface area contributed by atoms with Crippen LogP contribution < -0.4 is 14.4 Å². The Kier molecular flexibility index (Phi) is 5.19. The van der Waals surface area contributed by atoms with E-state index in [1.165, 1.54) is 23.1 Å². The van der Waals surface area contributed by atoms with E-state index in [0.29, 0.717) is 34.8 Å². The first-order valence-electron chi connectivity index (χ1n) is 12.0. The lowest BCUT2D eigenvalue weighted by Crippen LogP contribution is -2.41. The second-order valence-corrected chi connectivity index (χ2v) is 10.2. The number of nitrogens with zero attached hydrogens (tertiary/aromatic N) is 3. The molecule has 8 heteroatoms. The number of carbonyl (C=O) groups excluding carboxylic acids is 1. The zero-order valence-electron chi connectivity index (χ0n) is 20.3. The number of hydrogen-bond donors (Lipinski definition) is 0. The van der Waals surface area contributed by atoms with Crippen LogP contribution in [0.4, 0.5) is 14.5 Å². The van der Waals surface area contributed by atoms with Crippen molar-refractivity contribution in [2.75, 3.05) is 11.7 Å². The lowest BCUT2D eigenvalue weighted by Gasteiger charge is -2.45. The van der Waals surface area contributed by atoms with Crippen LogP contribution >= 0.6 is 0 Å². The Bertz CT molecular complexity index is 1530. The minimum atomic E-state index is -0.786. The van der Waals surface area contributed by atoms with E-state index in [2.05, 4.69) is 6.07 Å². The number of ketones is 1. The van der Waals surface area contributed by atoms with Crippen LogP contribution in [-0.2, 0) is 4.79 Å². The number of nitriles is 1. The van der Waals surface area contributed by atoms with Crippen molar-refractivity contribution in [1.29, 1.82) is 5.26 Å². The molecule has 0 fully saturated rings. The van der Waals surface area contributed by atoms with E-state index in [9.17, 15) is 10.1 Å². The summed E-state index contributed by atoms with van der Waals surface area (Å²) < 4.78 is 43.4. The highest BCUT2D eigenvalue weighted by molar-refractivity contribution is 6.03. The molecule has 3 aliphatic rings. The highest BCUT2D eigenvalue weighted by Crippen LogP contribution is 2.53. The summed E-state index contributed by atoms with van der Waals surface area (Å²) in [5.74, 6) is -1.10. The third kappa shape index (κ3) is 3.61. The highest BCUT2D eigenvalue weighted by atomic mass is 19.1. The maximum atomic E-state index is 15.4. The molecular weight excluding hydrogens is 476 g/mol. The molecule has 0 N–H and O–H groups in total. The number of halogens is 2. The molecule has 2 aliphatic heterocycles. The van der Waals surface area contributed by atoms with Crippen molar-refractivity contribution < 1.29 is 23.0 Å². The summed E-state index contributed by atoms with van der Waals surface area (Å²) in [5, 5.41) is 10.5. The summed E-state index contributed by atoms with van der Waals surface area (Å²) in [6.07, 6.45) is 4.07. The Morgan fingerprint density at radius 1 is 1.00 bits per heavy atom. The van der Waals surface area contributed by atoms with Gasteiger partial charge in [0.25, 0.3) is 0 Å². The highest BCUT2D eigenvalue weighted by Gasteiger charge is 2.46. The number of fused-ring (bicyclic) bond motifs is 1. The molecule has 0 spiro atoms. The van der Waals surface area contributed by atoms with Crippen LogP contribution in [0.3, 0.4) is 0 Å². The van der Waals surface area contributed by atoms with Crippen LogP contribution in [0.1, 0.15) is 38.2 Å². The fourth-order valence-electron chi connectivity index (χ4n) is 5.57. The molecule has 186 valence electrons. The van der Waals surface area contributed by atoms with Crippen LogP contribution in [0, 0.1) is 28.4 Å². The molecule has 3 aromatic rings. The third-order valence-electron chi connectivity index (χ3n) is 7.06. The number of anilines is 1. The monoisotopic (exact) mass is 499 g/mol. The lowest BCUT2D eigenvalue weighted by molar-refractivity contribution is -0.118. The molecule has 37 heavy (non-hydrogen) atoms. The number of hydrogen-bond acceptors (Lipinski definition) is 5. The average molecular weight is 500 g/mol. The fraction of sp³-hybridized carbons (Fsp3) is 0.241. The topological polar surface area (TPSA) is 67.5 Å². The van der Waals surface area contributed by atoms with Crippen molar-refractivity contribution in [2.45, 2.75) is 32.6 Å². The van der Waals surface area contributed by atoms with Crippen molar-refractivity contribution >= 4 is 17.3 Å². The van der Waals surface area contributed by atoms with Crippen LogP contribution in [0.2, 0.25) is 0 Å². The number of carbonyl (C=O) groups is 1. The molecule has 0 radical (unpaired) electrons. The molecule has 0 amide bonds. The smallest absolute Gasteiger partial charge is 0.231 e. The van der Waals surface area contributed by atoms with Gasteiger partial charge in [-0.2, -0.15) is 5.26 Å². The molecule has 0 saturated heterocycles. The van der Waals surface area contributed by atoms with Crippen molar-refractivity contribution in [3.05, 3.63) is 95.0 Å². The number of benzene rings is 2. The molecule has 1 aromatic heterocycles. The van der Waals surface area contributed by atoms with E-state index in [4.69, 9.17) is 9.47 Å². The van der Waals surface area contributed by atoms with Gasteiger partial charge in [0.15, 0.2) is 17.3 Å². The number of rotatable bonds is 3. The normalized spacial score (nSPS) is 20.2. The van der Waals surface area contributed by atoms with Gasteiger partial charge in [0.05, 0.1) is 17.6 Å².